The van der Waals surface area contributed by atoms with E-state index in [0.717, 1.165) is 19.3 Å². The molecule has 0 spiro atoms. The molecule has 0 amide bonds. The summed E-state index contributed by atoms with van der Waals surface area (Å²) in [5.74, 6) is 0.652. The lowest BCUT2D eigenvalue weighted by atomic mass is 9.86. The van der Waals surface area contributed by atoms with Gasteiger partial charge in [-0.3, -0.25) is 0 Å². The van der Waals surface area contributed by atoms with E-state index in [4.69, 9.17) is 20.4 Å². The molecule has 0 aliphatic rings. The molecule has 112 valence electrons. The second-order valence-electron chi connectivity index (χ2n) is 5.92. The van der Waals surface area contributed by atoms with Gasteiger partial charge in [-0.1, -0.05) is 27.7 Å². The summed E-state index contributed by atoms with van der Waals surface area (Å²) >= 11 is 0. The lowest BCUT2D eigenvalue weighted by Crippen LogP contribution is -2.14. The Labute approximate surface area is 112 Å². The van der Waals surface area contributed by atoms with Gasteiger partial charge in [0, 0.05) is 26.4 Å². The topological polar surface area (TPSA) is 80.9 Å². The smallest absolute Gasteiger partial charge is 0.0456 e. The molecule has 0 saturated heterocycles. The predicted molar refractivity (Wildman–Crippen MR) is 74.3 cm³/mol. The van der Waals surface area contributed by atoms with Crippen molar-refractivity contribution in [2.75, 3.05) is 26.4 Å². The Morgan fingerprint density at radius 2 is 1.11 bits per heavy atom. The van der Waals surface area contributed by atoms with Gasteiger partial charge in [-0.05, 0) is 36.5 Å². The van der Waals surface area contributed by atoms with Gasteiger partial charge in [-0.2, -0.15) is 0 Å². The highest BCUT2D eigenvalue weighted by Crippen LogP contribution is 2.23. The van der Waals surface area contributed by atoms with Crippen LogP contribution in [0, 0.1) is 17.3 Å². The fourth-order valence-corrected chi connectivity index (χ4v) is 1.57. The molecule has 4 N–H and O–H groups in total. The average molecular weight is 264 g/mol. The van der Waals surface area contributed by atoms with E-state index < -0.39 is 0 Å². The first-order valence-corrected chi connectivity index (χ1v) is 6.76. The summed E-state index contributed by atoms with van der Waals surface area (Å²) in [6, 6.07) is 0. The minimum absolute atomic E-state index is 0.101. The van der Waals surface area contributed by atoms with Crippen molar-refractivity contribution in [1.82, 2.24) is 0 Å². The third-order valence-corrected chi connectivity index (χ3v) is 3.01. The van der Waals surface area contributed by atoms with Crippen LogP contribution in [0.3, 0.4) is 0 Å². The molecule has 2 unspecified atom stereocenters. The number of rotatable bonds is 8. The van der Waals surface area contributed by atoms with Gasteiger partial charge >= 0.3 is 0 Å². The van der Waals surface area contributed by atoms with Gasteiger partial charge in [0.2, 0.25) is 0 Å². The zero-order valence-corrected chi connectivity index (χ0v) is 12.4. The molecule has 0 rings (SSSR count). The third kappa shape index (κ3) is 13.9. The molecule has 4 heteroatoms. The first-order chi connectivity index (χ1) is 8.32. The van der Waals surface area contributed by atoms with Crippen LogP contribution < -0.4 is 0 Å². The van der Waals surface area contributed by atoms with Crippen molar-refractivity contribution < 1.29 is 20.4 Å². The Balaban J connectivity index is 0. The maximum Gasteiger partial charge on any atom is 0.0456 e. The van der Waals surface area contributed by atoms with Crippen LogP contribution in [-0.4, -0.2) is 46.9 Å². The Kier molecular flexibility index (Phi) is 13.3. The average Bonchev–Trinajstić information content (AvgIpc) is 2.29. The Hall–Kier alpha value is -0.160. The Morgan fingerprint density at radius 1 is 0.778 bits per heavy atom. The van der Waals surface area contributed by atoms with Crippen LogP contribution >= 0.6 is 0 Å². The van der Waals surface area contributed by atoms with E-state index in [1.165, 1.54) is 0 Å². The highest BCUT2D eigenvalue weighted by atomic mass is 16.3. The van der Waals surface area contributed by atoms with E-state index in [1.807, 2.05) is 27.7 Å². The van der Waals surface area contributed by atoms with E-state index in [9.17, 15) is 0 Å². The minimum atomic E-state index is 0.101. The maximum atomic E-state index is 8.60. The van der Waals surface area contributed by atoms with E-state index in [0.29, 0.717) is 11.8 Å². The van der Waals surface area contributed by atoms with Crippen LogP contribution in [0.5, 0.6) is 0 Å². The van der Waals surface area contributed by atoms with Crippen molar-refractivity contribution in [3.63, 3.8) is 0 Å². The van der Waals surface area contributed by atoms with Gasteiger partial charge in [0.15, 0.2) is 0 Å². The molecule has 0 bridgehead atoms. The van der Waals surface area contributed by atoms with Crippen molar-refractivity contribution in [2.24, 2.45) is 17.3 Å². The molecule has 18 heavy (non-hydrogen) atoms. The lowest BCUT2D eigenvalue weighted by molar-refractivity contribution is 0.164. The number of hydrogen-bond donors (Lipinski definition) is 4. The van der Waals surface area contributed by atoms with Crippen LogP contribution in [0.1, 0.15) is 47.0 Å². The molecule has 0 saturated carbocycles. The Bertz CT molecular complexity index is 155. The second kappa shape index (κ2) is 11.9. The van der Waals surface area contributed by atoms with E-state index in [1.54, 1.807) is 0 Å². The summed E-state index contributed by atoms with van der Waals surface area (Å²) in [6.45, 7) is 8.92. The summed E-state index contributed by atoms with van der Waals surface area (Å²) in [5.41, 5.74) is 0.101. The molecule has 4 nitrogen and oxygen atoms in total. The largest absolute Gasteiger partial charge is 0.396 e. The molecule has 0 radical (unpaired) electrons. The van der Waals surface area contributed by atoms with Crippen LogP contribution in [0.2, 0.25) is 0 Å². The molecule has 0 aromatic heterocycles. The molecular formula is C14H32O4. The molecule has 0 aliphatic heterocycles. The molecule has 0 heterocycles. The molecular weight excluding hydrogens is 232 g/mol. The molecule has 0 aliphatic carbocycles. The van der Waals surface area contributed by atoms with E-state index >= 15 is 0 Å². The lowest BCUT2D eigenvalue weighted by Gasteiger charge is -2.21. The van der Waals surface area contributed by atoms with E-state index in [2.05, 4.69) is 0 Å². The molecule has 0 fully saturated rings. The van der Waals surface area contributed by atoms with Gasteiger partial charge in [-0.25, -0.2) is 0 Å². The van der Waals surface area contributed by atoms with Gasteiger partial charge in [0.25, 0.3) is 0 Å². The highest BCUT2D eigenvalue weighted by Gasteiger charge is 2.15. The first kappa shape index (κ1) is 20.2. The van der Waals surface area contributed by atoms with Crippen molar-refractivity contribution >= 4 is 0 Å². The summed E-state index contributed by atoms with van der Waals surface area (Å²) in [6.07, 6.45) is 2.45. The van der Waals surface area contributed by atoms with Crippen LogP contribution in [-0.2, 0) is 0 Å². The van der Waals surface area contributed by atoms with Gasteiger partial charge in [0.1, 0.15) is 0 Å². The highest BCUT2D eigenvalue weighted by molar-refractivity contribution is 4.66. The fourth-order valence-electron chi connectivity index (χ4n) is 1.57. The van der Waals surface area contributed by atoms with Crippen molar-refractivity contribution in [3.8, 4) is 0 Å². The van der Waals surface area contributed by atoms with Gasteiger partial charge < -0.3 is 20.4 Å². The third-order valence-electron chi connectivity index (χ3n) is 3.01. The number of aliphatic hydroxyl groups is 4. The summed E-state index contributed by atoms with van der Waals surface area (Å²) in [7, 11) is 0. The molecule has 2 atom stereocenters. The Morgan fingerprint density at radius 3 is 1.33 bits per heavy atom. The van der Waals surface area contributed by atoms with Gasteiger partial charge in [0.05, 0.1) is 0 Å². The quantitative estimate of drug-likeness (QED) is 0.534. The van der Waals surface area contributed by atoms with Gasteiger partial charge in [-0.15, -0.1) is 0 Å². The minimum Gasteiger partial charge on any atom is -0.396 e. The fraction of sp³-hybridized carbons (Fsp3) is 1.00. The van der Waals surface area contributed by atoms with E-state index in [-0.39, 0.29) is 31.8 Å². The molecule has 0 aromatic carbocycles. The molecule has 0 aromatic rings. The summed E-state index contributed by atoms with van der Waals surface area (Å²) in [4.78, 5) is 0. The standard InChI is InChI=1S/2C7H16O2/c1-6(4-8)3-7(2)5-9;1-7(2,3-5-8)4-6-9/h6-9H,3-5H2,1-2H3;8-9H,3-6H2,1-2H3. The summed E-state index contributed by atoms with van der Waals surface area (Å²) < 4.78 is 0. The second-order valence-corrected chi connectivity index (χ2v) is 5.92. The summed E-state index contributed by atoms with van der Waals surface area (Å²) in [5, 5.41) is 34.3. The van der Waals surface area contributed by atoms with Crippen LogP contribution in [0.4, 0.5) is 0 Å². The first-order valence-electron chi connectivity index (χ1n) is 6.76. The zero-order chi connectivity index (χ0) is 14.6. The van der Waals surface area contributed by atoms with Crippen LogP contribution in [0.15, 0.2) is 0 Å². The van der Waals surface area contributed by atoms with Crippen LogP contribution in [0.25, 0.3) is 0 Å². The van der Waals surface area contributed by atoms with Crippen molar-refractivity contribution in [3.05, 3.63) is 0 Å². The monoisotopic (exact) mass is 264 g/mol. The number of aliphatic hydroxyl groups excluding tert-OH is 4. The number of hydrogen-bond acceptors (Lipinski definition) is 4. The van der Waals surface area contributed by atoms with Crippen molar-refractivity contribution in [2.45, 2.75) is 47.0 Å². The normalized spacial score (nSPS) is 14.7. The maximum absolute atomic E-state index is 8.60. The zero-order valence-electron chi connectivity index (χ0n) is 12.4. The predicted octanol–water partition coefficient (Wildman–Crippen LogP) is 1.41. The van der Waals surface area contributed by atoms with Crippen molar-refractivity contribution in [1.29, 1.82) is 0 Å². The SMILES string of the molecule is CC(C)(CCO)CCO.CC(CO)CC(C)CO.